The number of ether oxygens (including phenoxy) is 4. The number of rotatable bonds is 12. The van der Waals surface area contributed by atoms with Crippen molar-refractivity contribution in [1.82, 2.24) is 16.1 Å². The molecule has 1 heterocycles. The molecule has 0 saturated carbocycles. The van der Waals surface area contributed by atoms with Gasteiger partial charge in [0.2, 0.25) is 0 Å². The smallest absolute Gasteiger partial charge is 0.338 e. The van der Waals surface area contributed by atoms with E-state index in [1.54, 1.807) is 50.2 Å². The molecule has 11 nitrogen and oxygen atoms in total. The minimum absolute atomic E-state index is 0.182. The lowest BCUT2D eigenvalue weighted by atomic mass is 9.95. The molecule has 0 spiro atoms. The molecule has 236 valence electrons. The van der Waals surface area contributed by atoms with E-state index in [2.05, 4.69) is 43.8 Å². The van der Waals surface area contributed by atoms with E-state index in [-0.39, 0.29) is 24.5 Å². The van der Waals surface area contributed by atoms with Crippen LogP contribution in [0.15, 0.2) is 71.0 Å². The van der Waals surface area contributed by atoms with Gasteiger partial charge in [-0.05, 0) is 95.6 Å². The summed E-state index contributed by atoms with van der Waals surface area (Å²) in [6.07, 6.45) is 1.50. The van der Waals surface area contributed by atoms with E-state index in [0.717, 1.165) is 14.7 Å². The van der Waals surface area contributed by atoms with Crippen LogP contribution in [0.25, 0.3) is 0 Å². The lowest BCUT2D eigenvalue weighted by Crippen LogP contribution is -2.45. The van der Waals surface area contributed by atoms with Crippen LogP contribution < -0.4 is 30.3 Å². The molecule has 0 bridgehead atoms. The molecule has 3 aromatic carbocycles. The molecule has 0 unspecified atom stereocenters. The van der Waals surface area contributed by atoms with Crippen molar-refractivity contribution in [1.29, 1.82) is 0 Å². The van der Waals surface area contributed by atoms with Gasteiger partial charge in [0.05, 0.1) is 45.2 Å². The van der Waals surface area contributed by atoms with Gasteiger partial charge in [-0.25, -0.2) is 15.0 Å². The maximum atomic E-state index is 12.6. The van der Waals surface area contributed by atoms with E-state index >= 15 is 0 Å². The lowest BCUT2D eigenvalue weighted by molar-refractivity contribution is -0.139. The SMILES string of the molecule is CCOC(=O)C1=C(C)NC(=O)N[C@H]1c1ccc(OCC(=O)N/N=C\c2ccc(OCc3ccc(Cl)c(Cl)c3)c(I)c2)c(OC)c1. The van der Waals surface area contributed by atoms with Crippen LogP contribution in [0.5, 0.6) is 17.2 Å². The minimum atomic E-state index is -0.773. The number of urea groups is 1. The van der Waals surface area contributed by atoms with Crippen molar-refractivity contribution in [3.05, 3.63) is 96.2 Å². The molecule has 1 aliphatic heterocycles. The van der Waals surface area contributed by atoms with Crippen molar-refractivity contribution < 1.29 is 33.3 Å². The molecule has 0 aromatic heterocycles. The summed E-state index contributed by atoms with van der Waals surface area (Å²) in [5.74, 6) is 0.214. The third kappa shape index (κ3) is 9.02. The van der Waals surface area contributed by atoms with Crippen LogP contribution in [0, 0.1) is 3.57 Å². The van der Waals surface area contributed by atoms with Crippen LogP contribution in [0.1, 0.15) is 36.6 Å². The Morgan fingerprint density at radius 3 is 2.51 bits per heavy atom. The van der Waals surface area contributed by atoms with Gasteiger partial charge in [-0.15, -0.1) is 0 Å². The normalized spacial score (nSPS) is 14.4. The molecular weight excluding hydrogens is 738 g/mol. The predicted octanol–water partition coefficient (Wildman–Crippen LogP) is 5.91. The summed E-state index contributed by atoms with van der Waals surface area (Å²) in [5.41, 5.74) is 5.27. The highest BCUT2D eigenvalue weighted by molar-refractivity contribution is 14.1. The fourth-order valence-corrected chi connectivity index (χ4v) is 5.28. The highest BCUT2D eigenvalue weighted by atomic mass is 127. The number of nitrogens with one attached hydrogen (secondary N) is 3. The molecule has 14 heteroatoms. The number of benzene rings is 3. The van der Waals surface area contributed by atoms with Gasteiger partial charge in [0, 0.05) is 5.70 Å². The van der Waals surface area contributed by atoms with Crippen molar-refractivity contribution in [2.24, 2.45) is 5.10 Å². The number of nitrogens with zero attached hydrogens (tertiary/aromatic N) is 1. The first kappa shape index (κ1) is 33.9. The van der Waals surface area contributed by atoms with Crippen molar-refractivity contribution in [3.8, 4) is 17.2 Å². The van der Waals surface area contributed by atoms with Crippen molar-refractivity contribution in [2.75, 3.05) is 20.3 Å². The van der Waals surface area contributed by atoms with Crippen LogP contribution in [-0.4, -0.2) is 44.4 Å². The average Bonchev–Trinajstić information content (AvgIpc) is 3.00. The molecule has 3 N–H and O–H groups in total. The Morgan fingerprint density at radius 1 is 1.02 bits per heavy atom. The second-order valence-corrected chi connectivity index (χ2v) is 11.5. The van der Waals surface area contributed by atoms with Gasteiger partial charge in [-0.3, -0.25) is 4.79 Å². The molecule has 1 aliphatic rings. The van der Waals surface area contributed by atoms with Gasteiger partial charge in [-0.2, -0.15) is 5.10 Å². The van der Waals surface area contributed by atoms with Gasteiger partial charge in [0.25, 0.3) is 5.91 Å². The van der Waals surface area contributed by atoms with Crippen LogP contribution in [-0.2, 0) is 20.9 Å². The largest absolute Gasteiger partial charge is 0.493 e. The van der Waals surface area contributed by atoms with Crippen molar-refractivity contribution in [3.63, 3.8) is 0 Å². The van der Waals surface area contributed by atoms with Gasteiger partial charge in [0.15, 0.2) is 18.1 Å². The van der Waals surface area contributed by atoms with Crippen LogP contribution in [0.3, 0.4) is 0 Å². The number of hydrogen-bond acceptors (Lipinski definition) is 8. The zero-order valence-corrected chi connectivity index (χ0v) is 28.1. The Kier molecular flexibility index (Phi) is 11.9. The lowest BCUT2D eigenvalue weighted by Gasteiger charge is -2.28. The van der Waals surface area contributed by atoms with Gasteiger partial charge < -0.3 is 29.6 Å². The van der Waals surface area contributed by atoms with E-state index in [4.69, 9.17) is 42.1 Å². The quantitative estimate of drug-likeness (QED) is 0.0904. The first-order valence-corrected chi connectivity index (χ1v) is 15.4. The molecule has 1 atom stereocenters. The van der Waals surface area contributed by atoms with Gasteiger partial charge in [-0.1, -0.05) is 35.3 Å². The number of carbonyl (C=O) groups excluding carboxylic acids is 3. The number of carbonyl (C=O) groups is 3. The first-order valence-electron chi connectivity index (χ1n) is 13.5. The van der Waals surface area contributed by atoms with E-state index in [1.807, 2.05) is 18.2 Å². The molecule has 3 aromatic rings. The number of hydrazone groups is 1. The summed E-state index contributed by atoms with van der Waals surface area (Å²) in [6.45, 7) is 3.48. The second kappa shape index (κ2) is 15.8. The predicted molar refractivity (Wildman–Crippen MR) is 178 cm³/mol. The number of esters is 1. The topological polar surface area (TPSA) is 137 Å². The Balaban J connectivity index is 1.33. The van der Waals surface area contributed by atoms with E-state index in [1.165, 1.54) is 13.3 Å². The Morgan fingerprint density at radius 2 is 1.80 bits per heavy atom. The Labute approximate surface area is 283 Å². The Hall–Kier alpha value is -4.01. The van der Waals surface area contributed by atoms with Crippen LogP contribution >= 0.6 is 45.8 Å². The average molecular weight is 767 g/mol. The van der Waals surface area contributed by atoms with Gasteiger partial charge >= 0.3 is 12.0 Å². The van der Waals surface area contributed by atoms with Crippen LogP contribution in [0.4, 0.5) is 4.79 Å². The fraction of sp³-hybridized carbons (Fsp3) is 0.226. The molecule has 0 saturated heterocycles. The van der Waals surface area contributed by atoms with Crippen molar-refractivity contribution in [2.45, 2.75) is 26.5 Å². The molecule has 0 radical (unpaired) electrons. The number of allylic oxidation sites excluding steroid dienone is 1. The summed E-state index contributed by atoms with van der Waals surface area (Å²) in [7, 11) is 1.44. The maximum Gasteiger partial charge on any atom is 0.338 e. The molecule has 4 rings (SSSR count). The Bertz CT molecular complexity index is 1660. The van der Waals surface area contributed by atoms with E-state index in [0.29, 0.717) is 39.4 Å². The zero-order chi connectivity index (χ0) is 32.5. The molecule has 3 amide bonds. The number of methoxy groups -OCH3 is 1. The number of hydrogen-bond donors (Lipinski definition) is 3. The third-order valence-corrected chi connectivity index (χ3v) is 7.96. The summed E-state index contributed by atoms with van der Waals surface area (Å²) in [6, 6.07) is 14.4. The minimum Gasteiger partial charge on any atom is -0.493 e. The van der Waals surface area contributed by atoms with Crippen molar-refractivity contribution >= 4 is 69.9 Å². The standard InChI is InChI=1S/C31H29Cl2IN4O7/c1-4-43-30(40)28-17(2)36-31(41)37-29(28)20-7-10-25(26(13-20)42-3)45-16-27(39)38-35-14-18-6-9-24(23(34)12-18)44-15-19-5-8-21(32)22(33)11-19/h5-14,29H,4,15-16H2,1-3H3,(H,38,39)(H2,36,37,41)/b35-14-/t29-/m0/s1. The zero-order valence-electron chi connectivity index (χ0n) is 24.4. The van der Waals surface area contributed by atoms with Gasteiger partial charge in [0.1, 0.15) is 12.4 Å². The molecule has 0 aliphatic carbocycles. The maximum absolute atomic E-state index is 12.6. The third-order valence-electron chi connectivity index (χ3n) is 6.38. The number of halogens is 3. The summed E-state index contributed by atoms with van der Waals surface area (Å²) < 4.78 is 23.0. The monoisotopic (exact) mass is 766 g/mol. The van der Waals surface area contributed by atoms with E-state index < -0.39 is 23.9 Å². The molecule has 0 fully saturated rings. The number of amides is 3. The van der Waals surface area contributed by atoms with E-state index in [9.17, 15) is 14.4 Å². The highest BCUT2D eigenvalue weighted by Gasteiger charge is 2.32. The summed E-state index contributed by atoms with van der Waals surface area (Å²) in [4.78, 5) is 37.2. The first-order chi connectivity index (χ1) is 21.6. The molecular formula is C31H29Cl2IN4O7. The summed E-state index contributed by atoms with van der Waals surface area (Å²) >= 11 is 14.2. The molecule has 45 heavy (non-hydrogen) atoms. The second-order valence-electron chi connectivity index (χ2n) is 9.51. The van der Waals surface area contributed by atoms with Crippen LogP contribution in [0.2, 0.25) is 10.0 Å². The highest BCUT2D eigenvalue weighted by Crippen LogP contribution is 2.34. The summed E-state index contributed by atoms with van der Waals surface area (Å²) in [5, 5.41) is 10.3. The fourth-order valence-electron chi connectivity index (χ4n) is 4.27.